The van der Waals surface area contributed by atoms with Gasteiger partial charge in [0.1, 0.15) is 0 Å². The van der Waals surface area contributed by atoms with E-state index in [1.165, 1.54) is 0 Å². The molecule has 0 aliphatic heterocycles. The second-order valence-electron chi connectivity index (χ2n) is 12.6. The molecule has 2 aromatic rings. The van der Waals surface area contributed by atoms with Gasteiger partial charge in [-0.15, -0.1) is 0 Å². The first-order valence-electron chi connectivity index (χ1n) is 13.5. The SMILES string of the molecule is [C-]#[N+]c1cccc(N(CC23CCC(c4nc(C(C)(C)C)no4)(CC2)CC3)C(=O)C2CCC(F)(F)CC2)c1. The summed E-state index contributed by atoms with van der Waals surface area (Å²) in [6.07, 6.45) is 5.53. The van der Waals surface area contributed by atoms with Crippen LogP contribution in [0.25, 0.3) is 4.85 Å². The minimum absolute atomic E-state index is 0.0446. The van der Waals surface area contributed by atoms with Crippen molar-refractivity contribution in [1.82, 2.24) is 10.1 Å². The third-order valence-electron chi connectivity index (χ3n) is 9.05. The van der Waals surface area contributed by atoms with E-state index in [1.54, 1.807) is 18.2 Å². The monoisotopic (exact) mass is 510 g/mol. The maximum atomic E-state index is 13.8. The molecular formula is C29H36F2N4O2. The van der Waals surface area contributed by atoms with Crippen molar-refractivity contribution in [2.75, 3.05) is 11.4 Å². The Morgan fingerprint density at radius 3 is 2.32 bits per heavy atom. The minimum Gasteiger partial charge on any atom is -0.339 e. The van der Waals surface area contributed by atoms with Gasteiger partial charge in [0.2, 0.25) is 17.7 Å². The summed E-state index contributed by atoms with van der Waals surface area (Å²) in [5.41, 5.74) is 0.845. The van der Waals surface area contributed by atoms with Gasteiger partial charge >= 0.3 is 0 Å². The first-order valence-corrected chi connectivity index (χ1v) is 13.5. The number of hydrogen-bond donors (Lipinski definition) is 0. The first-order chi connectivity index (χ1) is 17.4. The molecule has 2 bridgehead atoms. The van der Waals surface area contributed by atoms with E-state index < -0.39 is 11.8 Å². The maximum Gasteiger partial charge on any atom is 0.248 e. The van der Waals surface area contributed by atoms with Gasteiger partial charge in [0.25, 0.3) is 0 Å². The summed E-state index contributed by atoms with van der Waals surface area (Å²) in [5.74, 6) is -1.70. The molecule has 0 N–H and O–H groups in total. The Balaban J connectivity index is 1.37. The summed E-state index contributed by atoms with van der Waals surface area (Å²) in [4.78, 5) is 24.0. The van der Waals surface area contributed by atoms with E-state index >= 15 is 0 Å². The van der Waals surface area contributed by atoms with Gasteiger partial charge in [0, 0.05) is 41.8 Å². The molecule has 4 saturated carbocycles. The van der Waals surface area contributed by atoms with Crippen molar-refractivity contribution in [1.29, 1.82) is 0 Å². The molecule has 0 spiro atoms. The van der Waals surface area contributed by atoms with E-state index in [2.05, 4.69) is 30.8 Å². The third kappa shape index (κ3) is 5.02. The first kappa shape index (κ1) is 25.8. The van der Waals surface area contributed by atoms with Crippen molar-refractivity contribution < 1.29 is 18.1 Å². The fourth-order valence-corrected chi connectivity index (χ4v) is 6.43. The molecule has 0 saturated heterocycles. The van der Waals surface area contributed by atoms with E-state index in [0.29, 0.717) is 17.9 Å². The summed E-state index contributed by atoms with van der Waals surface area (Å²) in [6.45, 7) is 14.2. The van der Waals surface area contributed by atoms with E-state index in [1.807, 2.05) is 11.0 Å². The highest BCUT2D eigenvalue weighted by Crippen LogP contribution is 2.58. The van der Waals surface area contributed by atoms with Gasteiger partial charge in [-0.05, 0) is 68.9 Å². The molecule has 0 atom stereocenters. The van der Waals surface area contributed by atoms with E-state index in [-0.39, 0.29) is 47.8 Å². The molecule has 0 unspecified atom stereocenters. The third-order valence-corrected chi connectivity index (χ3v) is 9.05. The Morgan fingerprint density at radius 1 is 1.11 bits per heavy atom. The molecule has 8 heteroatoms. The second kappa shape index (κ2) is 9.18. The largest absolute Gasteiger partial charge is 0.339 e. The van der Waals surface area contributed by atoms with Gasteiger partial charge in [-0.2, -0.15) is 4.98 Å². The van der Waals surface area contributed by atoms with Crippen LogP contribution in [0.4, 0.5) is 20.2 Å². The van der Waals surface area contributed by atoms with Crippen LogP contribution in [0, 0.1) is 17.9 Å². The number of rotatable bonds is 5. The minimum atomic E-state index is -2.68. The lowest BCUT2D eigenvalue weighted by Gasteiger charge is -2.53. The highest BCUT2D eigenvalue weighted by atomic mass is 19.3. The highest BCUT2D eigenvalue weighted by Gasteiger charge is 2.53. The molecule has 4 fully saturated rings. The number of hydrogen-bond acceptors (Lipinski definition) is 4. The summed E-state index contributed by atoms with van der Waals surface area (Å²) in [6, 6.07) is 7.14. The number of benzene rings is 1. The Bertz CT molecular complexity index is 1170. The standard InChI is InChI=1S/C29H36F2N4O2/c1-26(2,3)24-33-25(37-34-24)28-15-12-27(13-16-28,14-17-28)19-35(22-7-5-6-21(18-22)32-4)23(36)20-8-10-29(30,31)11-9-20/h5-7,18,20H,8-17,19H2,1-3H3. The Morgan fingerprint density at radius 2 is 1.76 bits per heavy atom. The van der Waals surface area contributed by atoms with E-state index in [9.17, 15) is 13.6 Å². The average Bonchev–Trinajstić information content (AvgIpc) is 3.40. The van der Waals surface area contributed by atoms with E-state index in [0.717, 1.165) is 50.2 Å². The van der Waals surface area contributed by atoms with Gasteiger partial charge in [-0.25, -0.2) is 13.6 Å². The molecule has 198 valence electrons. The van der Waals surface area contributed by atoms with Crippen molar-refractivity contribution in [2.24, 2.45) is 11.3 Å². The number of nitrogens with zero attached hydrogens (tertiary/aromatic N) is 4. The molecule has 1 amide bonds. The number of carbonyl (C=O) groups excluding carboxylic acids is 1. The van der Waals surface area contributed by atoms with Crippen LogP contribution in [0.1, 0.15) is 96.7 Å². The van der Waals surface area contributed by atoms with Gasteiger partial charge in [-0.3, -0.25) is 4.79 Å². The average molecular weight is 511 g/mol. The molecular weight excluding hydrogens is 474 g/mol. The van der Waals surface area contributed by atoms with Crippen molar-refractivity contribution in [2.45, 2.75) is 102 Å². The molecule has 6 rings (SSSR count). The van der Waals surface area contributed by atoms with Crippen molar-refractivity contribution in [3.63, 3.8) is 0 Å². The smallest absolute Gasteiger partial charge is 0.248 e. The van der Waals surface area contributed by atoms with Crippen LogP contribution in [0.5, 0.6) is 0 Å². The fraction of sp³-hybridized carbons (Fsp3) is 0.655. The van der Waals surface area contributed by atoms with Crippen LogP contribution in [0.2, 0.25) is 0 Å². The fourth-order valence-electron chi connectivity index (χ4n) is 6.43. The lowest BCUT2D eigenvalue weighted by molar-refractivity contribution is -0.127. The zero-order valence-electron chi connectivity index (χ0n) is 22.0. The lowest BCUT2D eigenvalue weighted by atomic mass is 9.53. The molecule has 1 heterocycles. The second-order valence-corrected chi connectivity index (χ2v) is 12.6. The number of carbonyl (C=O) groups is 1. The zero-order chi connectivity index (χ0) is 26.5. The molecule has 4 aliphatic rings. The van der Waals surface area contributed by atoms with Crippen molar-refractivity contribution in [3.8, 4) is 0 Å². The summed E-state index contributed by atoms with van der Waals surface area (Å²) in [7, 11) is 0. The molecule has 37 heavy (non-hydrogen) atoms. The number of alkyl halides is 2. The van der Waals surface area contributed by atoms with Gasteiger partial charge in [-0.1, -0.05) is 38.1 Å². The highest BCUT2D eigenvalue weighted by molar-refractivity contribution is 5.95. The van der Waals surface area contributed by atoms with E-state index in [4.69, 9.17) is 16.1 Å². The summed E-state index contributed by atoms with van der Waals surface area (Å²) in [5, 5.41) is 4.26. The van der Waals surface area contributed by atoms with Crippen LogP contribution in [0.15, 0.2) is 28.8 Å². The number of fused-ring (bicyclic) bond motifs is 3. The van der Waals surface area contributed by atoms with Crippen LogP contribution >= 0.6 is 0 Å². The van der Waals surface area contributed by atoms with Gasteiger partial charge in [0.15, 0.2) is 11.5 Å². The van der Waals surface area contributed by atoms with Crippen LogP contribution < -0.4 is 4.90 Å². The van der Waals surface area contributed by atoms with Crippen molar-refractivity contribution in [3.05, 3.63) is 47.4 Å². The number of halogens is 2. The summed E-state index contributed by atoms with van der Waals surface area (Å²) < 4.78 is 33.4. The quantitative estimate of drug-likeness (QED) is 0.394. The molecule has 4 aliphatic carbocycles. The Kier molecular flexibility index (Phi) is 6.40. The van der Waals surface area contributed by atoms with Crippen LogP contribution in [-0.2, 0) is 15.6 Å². The predicted molar refractivity (Wildman–Crippen MR) is 137 cm³/mol. The summed E-state index contributed by atoms with van der Waals surface area (Å²) >= 11 is 0. The number of anilines is 1. The zero-order valence-corrected chi connectivity index (χ0v) is 22.0. The van der Waals surface area contributed by atoms with Gasteiger partial charge in [0.05, 0.1) is 6.57 Å². The Labute approximate surface area is 217 Å². The number of amides is 1. The lowest BCUT2D eigenvalue weighted by Crippen LogP contribution is -2.52. The van der Waals surface area contributed by atoms with Crippen LogP contribution in [0.3, 0.4) is 0 Å². The van der Waals surface area contributed by atoms with Gasteiger partial charge < -0.3 is 9.42 Å². The van der Waals surface area contributed by atoms with Crippen LogP contribution in [-0.4, -0.2) is 28.5 Å². The topological polar surface area (TPSA) is 63.6 Å². The Hall–Kier alpha value is -2.82. The molecule has 6 nitrogen and oxygen atoms in total. The molecule has 1 aromatic carbocycles. The van der Waals surface area contributed by atoms with Crippen molar-refractivity contribution >= 4 is 17.3 Å². The number of aromatic nitrogens is 2. The molecule has 0 radical (unpaired) electrons. The molecule has 1 aromatic heterocycles. The normalized spacial score (nSPS) is 27.6. The maximum absolute atomic E-state index is 13.8. The predicted octanol–water partition coefficient (Wildman–Crippen LogP) is 7.37.